The average molecular weight is 883 g/mol. The first kappa shape index (κ1) is 42.4. The topological polar surface area (TPSA) is 0 Å². The first-order valence-corrected chi connectivity index (χ1v) is 22.3. The van der Waals surface area contributed by atoms with Crippen LogP contribution in [0.4, 0.5) is 26.3 Å². The second kappa shape index (κ2) is 14.2. The van der Waals surface area contributed by atoms with Crippen molar-refractivity contribution in [2.75, 3.05) is 0 Å². The molecule has 0 aliphatic heterocycles. The molecule has 8 rings (SSSR count). The molecule has 0 bridgehead atoms. The molecule has 0 nitrogen and oxygen atoms in total. The molecule has 0 fully saturated rings. The molecule has 290 valence electrons. The van der Waals surface area contributed by atoms with E-state index in [1.54, 1.807) is 12.1 Å². The molecule has 0 amide bonds. The first-order valence-electron chi connectivity index (χ1n) is 18.4. The molecule has 0 radical (unpaired) electrons. The van der Waals surface area contributed by atoms with E-state index in [9.17, 15) is 26.3 Å². The molecule has 4 aromatic carbocycles. The Hall–Kier alpha value is -3.25. The molecule has 4 aliphatic rings. The normalized spacial score (nSPS) is 17.1. The van der Waals surface area contributed by atoms with Crippen molar-refractivity contribution in [3.05, 3.63) is 162 Å². The second-order valence-corrected chi connectivity index (χ2v) is 23.6. The number of fused-ring (bicyclic) bond motifs is 5. The second-order valence-electron chi connectivity index (χ2n) is 17.3. The minimum atomic E-state index is -4.63. The molecule has 0 N–H and O–H groups in total. The Labute approximate surface area is 345 Å². The van der Waals surface area contributed by atoms with E-state index in [-0.39, 0.29) is 44.7 Å². The van der Waals surface area contributed by atoms with Crippen molar-refractivity contribution in [3.63, 3.8) is 0 Å². The number of rotatable bonds is 4. The Morgan fingerprint density at radius 3 is 1.48 bits per heavy atom. The third kappa shape index (κ3) is 7.24. The van der Waals surface area contributed by atoms with Gasteiger partial charge in [-0.3, -0.25) is 0 Å². The zero-order valence-electron chi connectivity index (χ0n) is 32.2. The Morgan fingerprint density at radius 2 is 1.09 bits per heavy atom. The smallest absolute Gasteiger partial charge is 1.00 e. The van der Waals surface area contributed by atoms with E-state index in [1.165, 1.54) is 23.3 Å². The molecule has 4 aliphatic carbocycles. The molecule has 0 unspecified atom stereocenters. The fraction of sp³-hybridized carbons (Fsp3) is 0.298. The average Bonchev–Trinajstić information content (AvgIpc) is 3.84. The van der Waals surface area contributed by atoms with Gasteiger partial charge in [0.1, 0.15) is 0 Å². The van der Waals surface area contributed by atoms with Gasteiger partial charge < -0.3 is 24.8 Å². The SMILES string of the molecule is CC(C)(C)C1=CC[C]([Zr+2](=[C](c2cccc(C(F)(F)F)c2)c2cccc(C(F)(F)F)c2)[CH]2c3cc4c(cc3-c3cc5c(cc32)C(C)(C)C=C5)C=CC4(C)C)=C1.[Cl-].[Cl-]. The molecular formula is C47H42Cl2F6Zr. The van der Waals surface area contributed by atoms with E-state index in [1.807, 2.05) is 0 Å². The van der Waals surface area contributed by atoms with E-state index < -0.39 is 44.7 Å². The summed E-state index contributed by atoms with van der Waals surface area (Å²) < 4.78 is 88.4. The van der Waals surface area contributed by atoms with Gasteiger partial charge in [-0.25, -0.2) is 0 Å². The maximum absolute atomic E-state index is 14.5. The predicted octanol–water partition coefficient (Wildman–Crippen LogP) is 7.56. The number of halogens is 8. The molecule has 0 saturated heterocycles. The molecule has 56 heavy (non-hydrogen) atoms. The van der Waals surface area contributed by atoms with Crippen LogP contribution in [0.3, 0.4) is 0 Å². The van der Waals surface area contributed by atoms with Gasteiger partial charge in [0, 0.05) is 0 Å². The van der Waals surface area contributed by atoms with Crippen molar-refractivity contribution in [2.45, 2.75) is 81.7 Å². The summed E-state index contributed by atoms with van der Waals surface area (Å²) >= 11 is -3.75. The van der Waals surface area contributed by atoms with E-state index in [0.29, 0.717) is 20.8 Å². The van der Waals surface area contributed by atoms with Crippen LogP contribution in [0, 0.1) is 5.41 Å². The van der Waals surface area contributed by atoms with E-state index >= 15 is 0 Å². The molecule has 0 atom stereocenters. The van der Waals surface area contributed by atoms with Gasteiger partial charge in [0.05, 0.1) is 0 Å². The summed E-state index contributed by atoms with van der Waals surface area (Å²) in [5.74, 6) is 0. The minimum Gasteiger partial charge on any atom is -1.00 e. The standard InChI is InChI=1S/C23H21.C15H8F6.C9H13.2ClH.Zr/c1-22(2)7-5-14-10-18-16(12-20(14)22)9-17-13-21-15(11-19(17)18)6-8-23(21,3)4;16-14(17,18)12-5-1-3-10(8-12)7-11-4-2-6-13(9-11)15(19,20)21;1-9(2,3)8-6-4-5-7-8;;;/h5-13H,1-4H3;1-6,8-9H;6-7H,4H2,1-3H3;2*1H;/q;;;;;+2/p-2. The summed E-state index contributed by atoms with van der Waals surface area (Å²) in [7, 11) is 0. The molecule has 9 heteroatoms. The largest absolute Gasteiger partial charge is 1.00 e. The van der Waals surface area contributed by atoms with Gasteiger partial charge in [-0.15, -0.1) is 0 Å². The van der Waals surface area contributed by atoms with Crippen molar-refractivity contribution in [3.8, 4) is 11.1 Å². The Balaban J connectivity index is 0.00000266. The maximum atomic E-state index is 14.5. The third-order valence-corrected chi connectivity index (χ3v) is 20.0. The number of alkyl halides is 6. The molecular weight excluding hydrogens is 841 g/mol. The van der Waals surface area contributed by atoms with Crippen molar-refractivity contribution in [1.82, 2.24) is 0 Å². The molecule has 0 aromatic heterocycles. The van der Waals surface area contributed by atoms with Gasteiger partial charge in [-0.1, -0.05) is 0 Å². The summed E-state index contributed by atoms with van der Waals surface area (Å²) in [6, 6.07) is 19.7. The van der Waals surface area contributed by atoms with Crippen LogP contribution in [-0.2, 0) is 44.4 Å². The Bertz CT molecular complexity index is 2290. The first-order chi connectivity index (χ1) is 25.1. The van der Waals surface area contributed by atoms with Crippen LogP contribution in [0.2, 0.25) is 0 Å². The van der Waals surface area contributed by atoms with Gasteiger partial charge in [-0.2, -0.15) is 0 Å². The molecule has 0 heterocycles. The summed E-state index contributed by atoms with van der Waals surface area (Å²) in [4.78, 5) is 0. The van der Waals surface area contributed by atoms with E-state index in [4.69, 9.17) is 0 Å². The van der Waals surface area contributed by atoms with Crippen LogP contribution in [0.1, 0.15) is 114 Å². The van der Waals surface area contributed by atoms with Crippen LogP contribution >= 0.6 is 0 Å². The van der Waals surface area contributed by atoms with Crippen LogP contribution in [-0.4, -0.2) is 3.21 Å². The quantitative estimate of drug-likeness (QED) is 0.186. The fourth-order valence-electron chi connectivity index (χ4n) is 8.76. The van der Waals surface area contributed by atoms with Gasteiger partial charge in [-0.05, 0) is 0 Å². The van der Waals surface area contributed by atoms with Crippen LogP contribution in [0.25, 0.3) is 23.3 Å². The van der Waals surface area contributed by atoms with Crippen LogP contribution < -0.4 is 24.8 Å². The third-order valence-electron chi connectivity index (χ3n) is 11.7. The van der Waals surface area contributed by atoms with E-state index in [0.717, 1.165) is 66.5 Å². The van der Waals surface area contributed by atoms with Gasteiger partial charge in [0.2, 0.25) is 0 Å². The Kier molecular flexibility index (Phi) is 10.8. The van der Waals surface area contributed by atoms with Crippen LogP contribution in [0.5, 0.6) is 0 Å². The summed E-state index contributed by atoms with van der Waals surface area (Å²) in [5, 5.41) is 0. The van der Waals surface area contributed by atoms with Crippen molar-refractivity contribution < 1.29 is 72.4 Å². The van der Waals surface area contributed by atoms with E-state index in [2.05, 4.69) is 109 Å². The maximum Gasteiger partial charge on any atom is -1.00 e. The number of hydrogen-bond donors (Lipinski definition) is 0. The number of allylic oxidation sites excluding steroid dienone is 6. The van der Waals surface area contributed by atoms with Crippen molar-refractivity contribution in [1.29, 1.82) is 0 Å². The molecule has 0 spiro atoms. The number of benzene rings is 4. The zero-order valence-corrected chi connectivity index (χ0v) is 36.2. The number of hydrogen-bond acceptors (Lipinski definition) is 0. The van der Waals surface area contributed by atoms with Gasteiger partial charge >= 0.3 is 323 Å². The van der Waals surface area contributed by atoms with Crippen molar-refractivity contribution >= 4 is 15.4 Å². The summed E-state index contributed by atoms with van der Waals surface area (Å²) in [5.41, 5.74) is 8.63. The minimum absolute atomic E-state index is 0. The molecule has 4 aromatic rings. The predicted molar refractivity (Wildman–Crippen MR) is 204 cm³/mol. The van der Waals surface area contributed by atoms with Gasteiger partial charge in [0.25, 0.3) is 0 Å². The summed E-state index contributed by atoms with van der Waals surface area (Å²) in [6.45, 7) is 15.2. The molecule has 0 saturated carbocycles. The zero-order chi connectivity index (χ0) is 38.7. The van der Waals surface area contributed by atoms with Crippen molar-refractivity contribution in [2.24, 2.45) is 5.41 Å². The van der Waals surface area contributed by atoms with Crippen LogP contribution in [0.15, 0.2) is 106 Å². The Morgan fingerprint density at radius 1 is 0.643 bits per heavy atom. The summed E-state index contributed by atoms with van der Waals surface area (Å²) in [6.07, 6.45) is 4.56. The van der Waals surface area contributed by atoms with Gasteiger partial charge in [0.15, 0.2) is 0 Å². The fourth-order valence-corrected chi connectivity index (χ4v) is 17.7. The monoisotopic (exact) mass is 880 g/mol.